The Morgan fingerprint density at radius 2 is 1.76 bits per heavy atom. The fourth-order valence-corrected chi connectivity index (χ4v) is 4.69. The normalized spacial score (nSPS) is 21.1. The molecule has 1 saturated heterocycles. The Bertz CT molecular complexity index is 970. The first kappa shape index (κ1) is 23.9. The van der Waals surface area contributed by atoms with Gasteiger partial charge in [-0.15, -0.1) is 0 Å². The van der Waals surface area contributed by atoms with E-state index in [1.54, 1.807) is 6.07 Å². The molecule has 1 amide bonds. The number of nitro groups is 1. The number of pyridine rings is 1. The molecule has 0 unspecified atom stereocenters. The Balaban J connectivity index is 1.30. The molecule has 34 heavy (non-hydrogen) atoms. The highest BCUT2D eigenvalue weighted by molar-refractivity contribution is 5.81. The zero-order valence-corrected chi connectivity index (χ0v) is 19.8. The molecule has 0 bridgehead atoms. The van der Waals surface area contributed by atoms with Crippen LogP contribution in [0, 0.1) is 16.0 Å². The topological polar surface area (TPSA) is 104 Å². The first-order valence-electron chi connectivity index (χ1n) is 12.2. The molecule has 0 radical (unpaired) electrons. The molecule has 1 aromatic heterocycles. The van der Waals surface area contributed by atoms with Gasteiger partial charge in [0, 0.05) is 44.8 Å². The minimum Gasteiger partial charge on any atom is -0.367 e. The van der Waals surface area contributed by atoms with Gasteiger partial charge in [0.25, 0.3) is 0 Å². The van der Waals surface area contributed by atoms with Crippen LogP contribution in [0.2, 0.25) is 0 Å². The van der Waals surface area contributed by atoms with Gasteiger partial charge in [-0.25, -0.2) is 4.98 Å². The molecule has 2 fully saturated rings. The van der Waals surface area contributed by atoms with E-state index in [9.17, 15) is 14.9 Å². The van der Waals surface area contributed by atoms with Crippen LogP contribution in [-0.4, -0.2) is 64.4 Å². The summed E-state index contributed by atoms with van der Waals surface area (Å²) < 4.78 is 0. The summed E-state index contributed by atoms with van der Waals surface area (Å²) in [6, 6.07) is 13.7. The number of piperazine rings is 1. The second-order valence-electron chi connectivity index (χ2n) is 9.42. The molecule has 9 heteroatoms. The molecular weight excluding hydrogens is 432 g/mol. The third-order valence-corrected chi connectivity index (χ3v) is 6.82. The van der Waals surface area contributed by atoms with Crippen molar-refractivity contribution in [3.05, 3.63) is 58.1 Å². The van der Waals surface area contributed by atoms with Crippen LogP contribution in [0.15, 0.2) is 42.5 Å². The third-order valence-electron chi connectivity index (χ3n) is 6.82. The van der Waals surface area contributed by atoms with Crippen molar-refractivity contribution in [3.63, 3.8) is 0 Å². The average molecular weight is 467 g/mol. The highest BCUT2D eigenvalue weighted by Gasteiger charge is 2.24. The number of carbonyl (C=O) groups is 1. The third kappa shape index (κ3) is 6.44. The Morgan fingerprint density at radius 1 is 1.06 bits per heavy atom. The Kier molecular flexibility index (Phi) is 7.95. The van der Waals surface area contributed by atoms with Crippen LogP contribution in [0.1, 0.15) is 38.2 Å². The molecule has 1 aliphatic heterocycles. The zero-order chi connectivity index (χ0) is 23.9. The van der Waals surface area contributed by atoms with E-state index in [4.69, 9.17) is 0 Å². The Hall–Kier alpha value is -3.20. The number of nitrogens with zero attached hydrogens (tertiary/aromatic N) is 4. The molecule has 4 rings (SSSR count). The lowest BCUT2D eigenvalue weighted by molar-refractivity contribution is -0.384. The predicted octanol–water partition coefficient (Wildman–Crippen LogP) is 3.74. The van der Waals surface area contributed by atoms with Crippen LogP contribution in [-0.2, 0) is 11.3 Å². The summed E-state index contributed by atoms with van der Waals surface area (Å²) in [6.07, 6.45) is 4.47. The van der Waals surface area contributed by atoms with Gasteiger partial charge in [0.15, 0.2) is 0 Å². The van der Waals surface area contributed by atoms with Crippen molar-refractivity contribution in [1.29, 1.82) is 0 Å². The number of hydrogen-bond donors (Lipinski definition) is 2. The lowest BCUT2D eigenvalue weighted by Crippen LogP contribution is -2.49. The number of hydrogen-bond acceptors (Lipinski definition) is 7. The molecule has 2 heterocycles. The summed E-state index contributed by atoms with van der Waals surface area (Å²) in [5.41, 5.74) is 1.14. The molecule has 0 atom stereocenters. The van der Waals surface area contributed by atoms with Crippen LogP contribution in [0.3, 0.4) is 0 Å². The van der Waals surface area contributed by atoms with E-state index in [0.29, 0.717) is 24.9 Å². The maximum absolute atomic E-state index is 12.8. The van der Waals surface area contributed by atoms with Crippen LogP contribution in [0.5, 0.6) is 0 Å². The van der Waals surface area contributed by atoms with Gasteiger partial charge in [-0.3, -0.25) is 19.8 Å². The van der Waals surface area contributed by atoms with Crippen molar-refractivity contribution in [1.82, 2.24) is 14.8 Å². The lowest BCUT2D eigenvalue weighted by atomic mass is 9.87. The van der Waals surface area contributed by atoms with Crippen molar-refractivity contribution < 1.29 is 9.72 Å². The molecule has 2 aromatic rings. The lowest BCUT2D eigenvalue weighted by Gasteiger charge is -2.34. The number of nitrogens with one attached hydrogen (secondary N) is 2. The van der Waals surface area contributed by atoms with Crippen molar-refractivity contribution in [2.24, 2.45) is 5.92 Å². The monoisotopic (exact) mass is 466 g/mol. The molecule has 1 aromatic carbocycles. The van der Waals surface area contributed by atoms with Gasteiger partial charge >= 0.3 is 5.69 Å². The van der Waals surface area contributed by atoms with Gasteiger partial charge in [0.1, 0.15) is 5.82 Å². The molecule has 2 N–H and O–H groups in total. The highest BCUT2D eigenvalue weighted by Crippen LogP contribution is 2.28. The standard InChI is InChI=1S/C25H34N6O3/c1-19-7-9-21(10-8-19)27-23-12-11-22(31(33)34)25(28-23)26-17-24(32)30-15-13-29(14-16-30)18-20-5-3-2-4-6-20/h2-6,11-12,19,21H,7-10,13-18H2,1H3,(H2,26,27,28). The number of carbonyl (C=O) groups excluding carboxylic acids is 1. The molecule has 1 saturated carbocycles. The quantitative estimate of drug-likeness (QED) is 0.451. The van der Waals surface area contributed by atoms with Crippen molar-refractivity contribution in [2.75, 3.05) is 43.4 Å². The van der Waals surface area contributed by atoms with Gasteiger partial charge in [-0.2, -0.15) is 0 Å². The van der Waals surface area contributed by atoms with E-state index in [2.05, 4.69) is 39.6 Å². The van der Waals surface area contributed by atoms with E-state index >= 15 is 0 Å². The average Bonchev–Trinajstić information content (AvgIpc) is 2.85. The molecule has 182 valence electrons. The minimum atomic E-state index is -0.464. The van der Waals surface area contributed by atoms with Crippen LogP contribution in [0.4, 0.5) is 17.3 Å². The summed E-state index contributed by atoms with van der Waals surface area (Å²) in [4.78, 5) is 32.4. The Morgan fingerprint density at radius 3 is 2.44 bits per heavy atom. The summed E-state index contributed by atoms with van der Waals surface area (Å²) in [7, 11) is 0. The number of benzene rings is 1. The summed E-state index contributed by atoms with van der Waals surface area (Å²) >= 11 is 0. The van der Waals surface area contributed by atoms with E-state index in [1.807, 2.05) is 23.1 Å². The summed E-state index contributed by atoms with van der Waals surface area (Å²) in [5.74, 6) is 1.41. The predicted molar refractivity (Wildman–Crippen MR) is 133 cm³/mol. The maximum atomic E-state index is 12.8. The van der Waals surface area contributed by atoms with Gasteiger partial charge in [-0.05, 0) is 43.2 Å². The molecule has 0 spiro atoms. The Labute approximate surface area is 200 Å². The van der Waals surface area contributed by atoms with Crippen LogP contribution in [0.25, 0.3) is 0 Å². The fourth-order valence-electron chi connectivity index (χ4n) is 4.69. The van der Waals surface area contributed by atoms with Crippen LogP contribution >= 0.6 is 0 Å². The highest BCUT2D eigenvalue weighted by atomic mass is 16.6. The first-order valence-corrected chi connectivity index (χ1v) is 12.2. The molecule has 2 aliphatic rings. The van der Waals surface area contributed by atoms with Gasteiger partial charge in [0.2, 0.25) is 11.7 Å². The van der Waals surface area contributed by atoms with Gasteiger partial charge < -0.3 is 15.5 Å². The number of anilines is 2. The van der Waals surface area contributed by atoms with E-state index < -0.39 is 4.92 Å². The summed E-state index contributed by atoms with van der Waals surface area (Å²) in [6.45, 7) is 6.02. The largest absolute Gasteiger partial charge is 0.367 e. The van der Waals surface area contributed by atoms with Crippen LogP contribution < -0.4 is 10.6 Å². The zero-order valence-electron chi connectivity index (χ0n) is 19.8. The molecule has 9 nitrogen and oxygen atoms in total. The number of rotatable bonds is 8. The maximum Gasteiger partial charge on any atom is 0.311 e. The molecular formula is C25H34N6O3. The second-order valence-corrected chi connectivity index (χ2v) is 9.42. The minimum absolute atomic E-state index is 0.0169. The van der Waals surface area contributed by atoms with Crippen molar-refractivity contribution in [3.8, 4) is 0 Å². The van der Waals surface area contributed by atoms with E-state index in [0.717, 1.165) is 38.4 Å². The van der Waals surface area contributed by atoms with Gasteiger partial charge in [-0.1, -0.05) is 37.3 Å². The van der Waals surface area contributed by atoms with E-state index in [1.165, 1.54) is 24.5 Å². The number of amides is 1. The van der Waals surface area contributed by atoms with Gasteiger partial charge in [0.05, 0.1) is 11.5 Å². The first-order chi connectivity index (χ1) is 16.5. The van der Waals surface area contributed by atoms with Crippen molar-refractivity contribution in [2.45, 2.75) is 45.2 Å². The van der Waals surface area contributed by atoms with Crippen molar-refractivity contribution >= 4 is 23.2 Å². The summed E-state index contributed by atoms with van der Waals surface area (Å²) in [5, 5.41) is 17.8. The number of aromatic nitrogens is 1. The SMILES string of the molecule is CC1CCC(Nc2ccc([N+](=O)[O-])c(NCC(=O)N3CCN(Cc4ccccc4)CC3)n2)CC1. The molecule has 1 aliphatic carbocycles. The van der Waals surface area contributed by atoms with E-state index in [-0.39, 0.29) is 24.0 Å². The second kappa shape index (κ2) is 11.3. The smallest absolute Gasteiger partial charge is 0.311 e. The fraction of sp³-hybridized carbons (Fsp3) is 0.520.